The van der Waals surface area contributed by atoms with Crippen molar-refractivity contribution >= 4 is 17.8 Å². The summed E-state index contributed by atoms with van der Waals surface area (Å²) in [5, 5.41) is 7.04. The molecule has 0 fully saturated rings. The Labute approximate surface area is 159 Å². The number of hydrogen-bond donors (Lipinski definition) is 1. The van der Waals surface area contributed by atoms with Crippen LogP contribution < -0.4 is 10.1 Å². The van der Waals surface area contributed by atoms with E-state index < -0.39 is 0 Å². The smallest absolute Gasteiger partial charge is 0.249 e. The zero-order valence-corrected chi connectivity index (χ0v) is 15.3. The number of carbonyl (C=O) groups excluding carboxylic acids is 1. The van der Waals surface area contributed by atoms with Gasteiger partial charge in [0.05, 0.1) is 6.20 Å². The Morgan fingerprint density at radius 1 is 1.11 bits per heavy atom. The van der Waals surface area contributed by atoms with Gasteiger partial charge in [0.2, 0.25) is 5.91 Å². The number of nitrogens with one attached hydrogen (secondary N) is 1. The monoisotopic (exact) mass is 361 g/mol. The van der Waals surface area contributed by atoms with Crippen LogP contribution in [0.25, 0.3) is 6.08 Å². The minimum Gasteiger partial charge on any atom is -0.489 e. The molecule has 0 spiro atoms. The summed E-state index contributed by atoms with van der Waals surface area (Å²) in [6.07, 6.45) is 5.93. The lowest BCUT2D eigenvalue weighted by molar-refractivity contribution is -0.111. The lowest BCUT2D eigenvalue weighted by Crippen LogP contribution is -2.13. The number of aryl methyl sites for hydroxylation is 1. The normalized spacial score (nSPS) is 10.9. The standard InChI is InChI=1S/C22H23N3O2/c1-2-16-25-21(14-15-23-25)24-22(26)13-10-18-8-11-20(12-9-18)27-17-19-6-4-3-5-7-19/h3-15H,2,16-17H2,1H3,(H,24,26)/b13-10+. The number of benzene rings is 2. The van der Waals surface area contributed by atoms with Crippen LogP contribution in [0.1, 0.15) is 24.5 Å². The average molecular weight is 361 g/mol. The fourth-order valence-corrected chi connectivity index (χ4v) is 2.58. The predicted octanol–water partition coefficient (Wildman–Crippen LogP) is 4.52. The van der Waals surface area contributed by atoms with Crippen LogP contribution in [0.5, 0.6) is 5.75 Å². The van der Waals surface area contributed by atoms with E-state index in [0.29, 0.717) is 12.4 Å². The molecule has 1 amide bonds. The Morgan fingerprint density at radius 3 is 2.63 bits per heavy atom. The molecule has 0 aliphatic rings. The number of nitrogens with zero attached hydrogens (tertiary/aromatic N) is 2. The number of carbonyl (C=O) groups is 1. The SMILES string of the molecule is CCCn1nccc1NC(=O)/C=C/c1ccc(OCc2ccccc2)cc1. The van der Waals surface area contributed by atoms with Crippen LogP contribution in [-0.4, -0.2) is 15.7 Å². The molecule has 0 aliphatic heterocycles. The van der Waals surface area contributed by atoms with Crippen LogP contribution in [0.4, 0.5) is 5.82 Å². The molecule has 0 aliphatic carbocycles. The van der Waals surface area contributed by atoms with E-state index in [0.717, 1.165) is 29.8 Å². The van der Waals surface area contributed by atoms with Crippen LogP contribution in [0.15, 0.2) is 72.9 Å². The fourth-order valence-electron chi connectivity index (χ4n) is 2.58. The van der Waals surface area contributed by atoms with E-state index in [2.05, 4.69) is 17.3 Å². The molecule has 5 nitrogen and oxygen atoms in total. The summed E-state index contributed by atoms with van der Waals surface area (Å²) in [6, 6.07) is 19.5. The quantitative estimate of drug-likeness (QED) is 0.600. The maximum atomic E-state index is 12.1. The lowest BCUT2D eigenvalue weighted by atomic mass is 10.2. The van der Waals surface area contributed by atoms with Gasteiger partial charge in [0.1, 0.15) is 18.2 Å². The van der Waals surface area contributed by atoms with Gasteiger partial charge < -0.3 is 10.1 Å². The first-order chi connectivity index (χ1) is 13.2. The molecule has 5 heteroatoms. The molecule has 138 valence electrons. The summed E-state index contributed by atoms with van der Waals surface area (Å²) in [5.41, 5.74) is 2.06. The maximum absolute atomic E-state index is 12.1. The van der Waals surface area contributed by atoms with E-state index in [1.807, 2.05) is 54.6 Å². The first-order valence-electron chi connectivity index (χ1n) is 9.02. The Hall–Kier alpha value is -3.34. The van der Waals surface area contributed by atoms with Gasteiger partial charge in [-0.2, -0.15) is 5.10 Å². The Morgan fingerprint density at radius 2 is 1.89 bits per heavy atom. The molecule has 0 bridgehead atoms. The molecule has 2 aromatic carbocycles. The van der Waals surface area contributed by atoms with Crippen LogP contribution in [0, 0.1) is 0 Å². The number of aromatic nitrogens is 2. The second-order valence-corrected chi connectivity index (χ2v) is 6.11. The maximum Gasteiger partial charge on any atom is 0.249 e. The summed E-state index contributed by atoms with van der Waals surface area (Å²) in [4.78, 5) is 12.1. The van der Waals surface area contributed by atoms with E-state index in [4.69, 9.17) is 4.74 Å². The summed E-state index contributed by atoms with van der Waals surface area (Å²) in [5.74, 6) is 1.32. The van der Waals surface area contributed by atoms with Crippen molar-refractivity contribution < 1.29 is 9.53 Å². The van der Waals surface area contributed by atoms with Crippen molar-refractivity contribution in [2.45, 2.75) is 26.5 Å². The third-order valence-corrected chi connectivity index (χ3v) is 3.96. The Balaban J connectivity index is 1.52. The van der Waals surface area contributed by atoms with Crippen LogP contribution in [-0.2, 0) is 17.9 Å². The zero-order chi connectivity index (χ0) is 18.9. The van der Waals surface area contributed by atoms with E-state index in [-0.39, 0.29) is 5.91 Å². The van der Waals surface area contributed by atoms with Gasteiger partial charge in [-0.25, -0.2) is 4.68 Å². The molecule has 27 heavy (non-hydrogen) atoms. The van der Waals surface area contributed by atoms with Gasteiger partial charge in [-0.3, -0.25) is 4.79 Å². The third kappa shape index (κ3) is 5.57. The zero-order valence-electron chi connectivity index (χ0n) is 15.3. The van der Waals surface area contributed by atoms with Gasteiger partial charge in [0, 0.05) is 18.7 Å². The summed E-state index contributed by atoms with van der Waals surface area (Å²) in [6.45, 7) is 3.38. The number of anilines is 1. The fraction of sp³-hybridized carbons (Fsp3) is 0.182. The van der Waals surface area contributed by atoms with Crippen LogP contribution in [0.3, 0.4) is 0 Å². The molecule has 0 atom stereocenters. The number of hydrogen-bond acceptors (Lipinski definition) is 3. The van der Waals surface area contributed by atoms with Crippen molar-refractivity contribution in [3.63, 3.8) is 0 Å². The highest BCUT2D eigenvalue weighted by Crippen LogP contribution is 2.15. The minimum atomic E-state index is -0.183. The molecule has 0 saturated heterocycles. The highest BCUT2D eigenvalue weighted by Gasteiger charge is 2.04. The van der Waals surface area contributed by atoms with Gasteiger partial charge in [-0.05, 0) is 35.8 Å². The van der Waals surface area contributed by atoms with Gasteiger partial charge >= 0.3 is 0 Å². The van der Waals surface area contributed by atoms with Crippen molar-refractivity contribution in [3.8, 4) is 5.75 Å². The molecule has 0 radical (unpaired) electrons. The molecular weight excluding hydrogens is 338 g/mol. The number of ether oxygens (including phenoxy) is 1. The summed E-state index contributed by atoms with van der Waals surface area (Å²) in [7, 11) is 0. The minimum absolute atomic E-state index is 0.183. The van der Waals surface area contributed by atoms with Gasteiger partial charge in [0.15, 0.2) is 0 Å². The predicted molar refractivity (Wildman–Crippen MR) is 107 cm³/mol. The van der Waals surface area contributed by atoms with Gasteiger partial charge in [0.25, 0.3) is 0 Å². The first kappa shape index (κ1) is 18.5. The van der Waals surface area contributed by atoms with Crippen LogP contribution >= 0.6 is 0 Å². The highest BCUT2D eigenvalue weighted by molar-refractivity contribution is 6.01. The van der Waals surface area contributed by atoms with E-state index in [9.17, 15) is 4.79 Å². The molecule has 1 N–H and O–H groups in total. The van der Waals surface area contributed by atoms with E-state index in [1.165, 1.54) is 6.08 Å². The Bertz CT molecular complexity index is 883. The van der Waals surface area contributed by atoms with Crippen molar-refractivity contribution in [2.75, 3.05) is 5.32 Å². The van der Waals surface area contributed by atoms with E-state index in [1.54, 1.807) is 23.0 Å². The van der Waals surface area contributed by atoms with Gasteiger partial charge in [-0.15, -0.1) is 0 Å². The lowest BCUT2D eigenvalue weighted by Gasteiger charge is -2.07. The van der Waals surface area contributed by atoms with E-state index >= 15 is 0 Å². The largest absolute Gasteiger partial charge is 0.489 e. The number of amides is 1. The molecular formula is C22H23N3O2. The Kier molecular flexibility index (Phi) is 6.41. The molecule has 1 heterocycles. The molecule has 0 saturated carbocycles. The van der Waals surface area contributed by atoms with Crippen molar-refractivity contribution in [1.82, 2.24) is 9.78 Å². The second-order valence-electron chi connectivity index (χ2n) is 6.11. The van der Waals surface area contributed by atoms with Gasteiger partial charge in [-0.1, -0.05) is 49.4 Å². The summed E-state index contributed by atoms with van der Waals surface area (Å²) < 4.78 is 7.55. The third-order valence-electron chi connectivity index (χ3n) is 3.96. The van der Waals surface area contributed by atoms with Crippen molar-refractivity contribution in [3.05, 3.63) is 84.1 Å². The topological polar surface area (TPSA) is 56.2 Å². The first-order valence-corrected chi connectivity index (χ1v) is 9.02. The molecule has 3 rings (SSSR count). The highest BCUT2D eigenvalue weighted by atomic mass is 16.5. The van der Waals surface area contributed by atoms with Crippen molar-refractivity contribution in [2.24, 2.45) is 0 Å². The second kappa shape index (κ2) is 9.38. The average Bonchev–Trinajstić information content (AvgIpc) is 3.13. The molecule has 1 aromatic heterocycles. The molecule has 0 unspecified atom stereocenters. The van der Waals surface area contributed by atoms with Crippen LogP contribution in [0.2, 0.25) is 0 Å². The van der Waals surface area contributed by atoms with Crippen molar-refractivity contribution in [1.29, 1.82) is 0 Å². The summed E-state index contributed by atoms with van der Waals surface area (Å²) >= 11 is 0. The molecule has 3 aromatic rings. The number of rotatable bonds is 8.